The average molecular weight is 554 g/mol. The zero-order valence-electron chi connectivity index (χ0n) is 22.3. The molecule has 0 spiro atoms. The van der Waals surface area contributed by atoms with Gasteiger partial charge in [-0.2, -0.15) is 0 Å². The summed E-state index contributed by atoms with van der Waals surface area (Å²) >= 11 is 0.860. The lowest BCUT2D eigenvalue weighted by molar-refractivity contribution is -0.123. The van der Waals surface area contributed by atoms with E-state index < -0.39 is 11.9 Å². The van der Waals surface area contributed by atoms with E-state index in [1.807, 2.05) is 62.4 Å². The molecule has 4 aromatic carbocycles. The van der Waals surface area contributed by atoms with Crippen LogP contribution >= 0.6 is 11.8 Å². The van der Waals surface area contributed by atoms with E-state index >= 15 is 0 Å². The van der Waals surface area contributed by atoms with E-state index in [9.17, 15) is 14.4 Å². The quantitative estimate of drug-likeness (QED) is 0.135. The molecule has 2 amide bonds. The second-order valence-electron chi connectivity index (χ2n) is 9.28. The average Bonchev–Trinajstić information content (AvgIpc) is 3.22. The molecule has 7 nitrogen and oxygen atoms in total. The first-order valence-electron chi connectivity index (χ1n) is 12.7. The third-order valence-electron chi connectivity index (χ3n) is 6.49. The number of imide groups is 1. The number of ether oxygens (including phenoxy) is 3. The predicted octanol–water partition coefficient (Wildman–Crippen LogP) is 6.80. The summed E-state index contributed by atoms with van der Waals surface area (Å²) in [6, 6.07) is 23.9. The van der Waals surface area contributed by atoms with E-state index in [1.54, 1.807) is 36.4 Å². The Morgan fingerprint density at radius 1 is 0.900 bits per heavy atom. The minimum atomic E-state index is -0.531. The highest BCUT2D eigenvalue weighted by Crippen LogP contribution is 2.35. The molecule has 1 heterocycles. The Kier molecular flexibility index (Phi) is 7.89. The highest BCUT2D eigenvalue weighted by Gasteiger charge is 2.35. The number of esters is 1. The SMILES string of the molecule is COc1ccc(/C=C2\SC(=O)N(CCOc3cc(C)ccc3C)C2=O)cc1OC(=O)c1cccc2ccccc12. The maximum Gasteiger partial charge on any atom is 0.344 e. The molecular weight excluding hydrogens is 526 g/mol. The van der Waals surface area contributed by atoms with Gasteiger partial charge in [-0.25, -0.2) is 4.79 Å². The van der Waals surface area contributed by atoms with Crippen molar-refractivity contribution >= 4 is 45.7 Å². The van der Waals surface area contributed by atoms with Crippen LogP contribution in [0.1, 0.15) is 27.0 Å². The smallest absolute Gasteiger partial charge is 0.344 e. The van der Waals surface area contributed by atoms with Gasteiger partial charge in [0.05, 0.1) is 24.1 Å². The van der Waals surface area contributed by atoms with Gasteiger partial charge in [-0.15, -0.1) is 0 Å². The van der Waals surface area contributed by atoms with Gasteiger partial charge in [-0.3, -0.25) is 14.5 Å². The Morgan fingerprint density at radius 3 is 2.52 bits per heavy atom. The maximum absolute atomic E-state index is 13.1. The summed E-state index contributed by atoms with van der Waals surface area (Å²) in [4.78, 5) is 40.2. The molecule has 1 aliphatic heterocycles. The van der Waals surface area contributed by atoms with Crippen molar-refractivity contribution in [1.29, 1.82) is 0 Å². The van der Waals surface area contributed by atoms with Crippen molar-refractivity contribution in [2.75, 3.05) is 20.3 Å². The molecule has 0 N–H and O–H groups in total. The van der Waals surface area contributed by atoms with Crippen LogP contribution in [0.3, 0.4) is 0 Å². The summed E-state index contributed by atoms with van der Waals surface area (Å²) < 4.78 is 17.0. The van der Waals surface area contributed by atoms with Crippen LogP contribution in [0.2, 0.25) is 0 Å². The summed E-state index contributed by atoms with van der Waals surface area (Å²) in [6.45, 7) is 4.24. The van der Waals surface area contributed by atoms with E-state index in [1.165, 1.54) is 12.0 Å². The van der Waals surface area contributed by atoms with E-state index in [0.29, 0.717) is 16.9 Å². The maximum atomic E-state index is 13.1. The summed E-state index contributed by atoms with van der Waals surface area (Å²) in [6.07, 6.45) is 1.60. The molecule has 1 saturated heterocycles. The summed E-state index contributed by atoms with van der Waals surface area (Å²) in [7, 11) is 1.48. The number of amides is 2. The molecule has 4 aromatic rings. The lowest BCUT2D eigenvalue weighted by atomic mass is 10.0. The number of aryl methyl sites for hydroxylation is 2. The van der Waals surface area contributed by atoms with E-state index in [4.69, 9.17) is 14.2 Å². The fraction of sp³-hybridized carbons (Fsp3) is 0.156. The largest absolute Gasteiger partial charge is 0.493 e. The number of benzene rings is 4. The highest BCUT2D eigenvalue weighted by atomic mass is 32.2. The molecule has 0 saturated carbocycles. The number of fused-ring (bicyclic) bond motifs is 1. The van der Waals surface area contributed by atoms with Gasteiger partial charge in [0.1, 0.15) is 12.4 Å². The molecule has 8 heteroatoms. The van der Waals surface area contributed by atoms with Crippen LogP contribution in [0.5, 0.6) is 17.2 Å². The number of carbonyl (C=O) groups is 3. The van der Waals surface area contributed by atoms with Crippen LogP contribution in [-0.4, -0.2) is 42.3 Å². The van der Waals surface area contributed by atoms with Gasteiger partial charge in [0.15, 0.2) is 11.5 Å². The molecule has 0 unspecified atom stereocenters. The minimum absolute atomic E-state index is 0.131. The van der Waals surface area contributed by atoms with Crippen LogP contribution in [0.15, 0.2) is 83.8 Å². The van der Waals surface area contributed by atoms with Crippen LogP contribution in [0.4, 0.5) is 4.79 Å². The van der Waals surface area contributed by atoms with E-state index in [-0.39, 0.29) is 29.0 Å². The zero-order valence-corrected chi connectivity index (χ0v) is 23.1. The summed E-state index contributed by atoms with van der Waals surface area (Å²) in [5, 5.41) is 1.34. The molecule has 1 aliphatic rings. The number of nitrogens with zero attached hydrogens (tertiary/aromatic N) is 1. The van der Waals surface area contributed by atoms with Gasteiger partial charge in [-0.1, -0.05) is 54.6 Å². The first-order chi connectivity index (χ1) is 19.3. The lowest BCUT2D eigenvalue weighted by Gasteiger charge is -2.14. The van der Waals surface area contributed by atoms with Crippen LogP contribution in [-0.2, 0) is 4.79 Å². The van der Waals surface area contributed by atoms with Gasteiger partial charge in [0.2, 0.25) is 0 Å². The number of hydrogen-bond donors (Lipinski definition) is 0. The number of methoxy groups -OCH3 is 1. The minimum Gasteiger partial charge on any atom is -0.493 e. The third kappa shape index (κ3) is 5.72. The van der Waals surface area contributed by atoms with E-state index in [2.05, 4.69) is 0 Å². The first-order valence-corrected chi connectivity index (χ1v) is 13.5. The number of carbonyl (C=O) groups excluding carboxylic acids is 3. The molecular formula is C32H27NO6S. The molecule has 0 aliphatic carbocycles. The predicted molar refractivity (Wildman–Crippen MR) is 156 cm³/mol. The van der Waals surface area contributed by atoms with E-state index in [0.717, 1.165) is 39.4 Å². The molecule has 40 heavy (non-hydrogen) atoms. The second kappa shape index (κ2) is 11.7. The van der Waals surface area contributed by atoms with Gasteiger partial charge >= 0.3 is 5.97 Å². The van der Waals surface area contributed by atoms with Crippen molar-refractivity contribution in [1.82, 2.24) is 4.90 Å². The lowest BCUT2D eigenvalue weighted by Crippen LogP contribution is -2.32. The van der Waals surface area contributed by atoms with Crippen molar-refractivity contribution in [3.63, 3.8) is 0 Å². The van der Waals surface area contributed by atoms with Crippen LogP contribution in [0.25, 0.3) is 16.8 Å². The number of thioether (sulfide) groups is 1. The van der Waals surface area contributed by atoms with Crippen LogP contribution in [0, 0.1) is 13.8 Å². The van der Waals surface area contributed by atoms with Crippen molar-refractivity contribution in [3.8, 4) is 17.2 Å². The first kappa shape index (κ1) is 27.0. The van der Waals surface area contributed by atoms with Gasteiger partial charge in [0, 0.05) is 0 Å². The summed E-state index contributed by atoms with van der Waals surface area (Å²) in [5.74, 6) is 0.366. The topological polar surface area (TPSA) is 82.1 Å². The molecule has 0 bridgehead atoms. The number of rotatable bonds is 8. The standard InChI is InChI=1S/C32H27NO6S/c1-20-11-12-21(2)27(17-20)38-16-15-33-30(34)29(40-32(33)36)19-22-13-14-26(37-3)28(18-22)39-31(35)25-10-6-8-23-7-4-5-9-24(23)25/h4-14,17-19H,15-16H2,1-3H3/b29-19-. The molecule has 202 valence electrons. The fourth-order valence-corrected chi connectivity index (χ4v) is 5.24. The zero-order chi connectivity index (χ0) is 28.2. The van der Waals surface area contributed by atoms with Crippen molar-refractivity contribution in [2.24, 2.45) is 0 Å². The Hall–Kier alpha value is -4.56. The fourth-order valence-electron chi connectivity index (χ4n) is 4.37. The molecule has 1 fully saturated rings. The molecule has 0 radical (unpaired) electrons. The molecule has 0 atom stereocenters. The third-order valence-corrected chi connectivity index (χ3v) is 7.39. The summed E-state index contributed by atoms with van der Waals surface area (Å²) in [5.41, 5.74) is 3.06. The van der Waals surface area contributed by atoms with Crippen LogP contribution < -0.4 is 14.2 Å². The normalized spacial score (nSPS) is 14.2. The van der Waals surface area contributed by atoms with Crippen molar-refractivity contribution in [3.05, 3.63) is 106 Å². The Bertz CT molecular complexity index is 1660. The number of hydrogen-bond acceptors (Lipinski definition) is 7. The second-order valence-corrected chi connectivity index (χ2v) is 10.3. The highest BCUT2D eigenvalue weighted by molar-refractivity contribution is 8.18. The Labute approximate surface area is 236 Å². The molecule has 0 aromatic heterocycles. The monoisotopic (exact) mass is 553 g/mol. The Morgan fingerprint density at radius 2 is 1.70 bits per heavy atom. The Balaban J connectivity index is 1.31. The van der Waals surface area contributed by atoms with Gasteiger partial charge in [-0.05, 0) is 83.4 Å². The van der Waals surface area contributed by atoms with Crippen molar-refractivity contribution < 1.29 is 28.6 Å². The molecule has 5 rings (SSSR count). The van der Waals surface area contributed by atoms with Crippen molar-refractivity contribution in [2.45, 2.75) is 13.8 Å². The van der Waals surface area contributed by atoms with Gasteiger partial charge in [0.25, 0.3) is 11.1 Å². The van der Waals surface area contributed by atoms with Gasteiger partial charge < -0.3 is 14.2 Å².